The van der Waals surface area contributed by atoms with Gasteiger partial charge < -0.3 is 11.1 Å². The Hall–Kier alpha value is -0.820. The molecule has 1 atom stereocenters. The third-order valence-corrected chi connectivity index (χ3v) is 4.52. The first-order chi connectivity index (χ1) is 11.0. The molecule has 0 fully saturated rings. The summed E-state index contributed by atoms with van der Waals surface area (Å²) < 4.78 is 0. The summed E-state index contributed by atoms with van der Waals surface area (Å²) in [5, 5.41) is 3.33. The maximum Gasteiger partial charge on any atom is 0.188 e. The summed E-state index contributed by atoms with van der Waals surface area (Å²) in [6, 6.07) is 9.26. The Kier molecular flexibility index (Phi) is 9.05. The number of guanidine groups is 1. The number of benzene rings is 1. The lowest BCUT2D eigenvalue weighted by Gasteiger charge is -2.38. The van der Waals surface area contributed by atoms with Gasteiger partial charge in [0.25, 0.3) is 0 Å². The Labute approximate surface area is 164 Å². The van der Waals surface area contributed by atoms with E-state index in [9.17, 15) is 0 Å². The lowest BCUT2D eigenvalue weighted by atomic mass is 9.95. The first-order valence-corrected chi connectivity index (χ1v) is 8.82. The Balaban J connectivity index is 0.00000288. The van der Waals surface area contributed by atoms with Gasteiger partial charge in [-0.05, 0) is 29.4 Å². The zero-order valence-corrected chi connectivity index (χ0v) is 17.8. The van der Waals surface area contributed by atoms with Crippen molar-refractivity contribution in [1.29, 1.82) is 0 Å². The molecule has 3 N–H and O–H groups in total. The highest BCUT2D eigenvalue weighted by Gasteiger charge is 2.25. The molecule has 24 heavy (non-hydrogen) atoms. The highest BCUT2D eigenvalue weighted by molar-refractivity contribution is 14.0. The molecule has 0 spiro atoms. The summed E-state index contributed by atoms with van der Waals surface area (Å²) >= 11 is 0. The molecule has 1 aromatic rings. The van der Waals surface area contributed by atoms with Crippen molar-refractivity contribution in [2.75, 3.05) is 19.6 Å². The van der Waals surface area contributed by atoms with Gasteiger partial charge in [0.2, 0.25) is 0 Å². The minimum atomic E-state index is 0. The van der Waals surface area contributed by atoms with E-state index in [1.54, 1.807) is 0 Å². The number of hydrogen-bond acceptors (Lipinski definition) is 2. The lowest BCUT2D eigenvalue weighted by molar-refractivity contribution is 0.140. The van der Waals surface area contributed by atoms with E-state index in [4.69, 9.17) is 5.73 Å². The number of nitrogens with zero attached hydrogens (tertiary/aromatic N) is 2. The van der Waals surface area contributed by atoms with Crippen molar-refractivity contribution in [3.8, 4) is 0 Å². The molecule has 136 valence electrons. The van der Waals surface area contributed by atoms with Gasteiger partial charge in [-0.2, -0.15) is 0 Å². The van der Waals surface area contributed by atoms with Crippen molar-refractivity contribution in [3.05, 3.63) is 35.4 Å². The highest BCUT2D eigenvalue weighted by Crippen LogP contribution is 2.22. The van der Waals surface area contributed by atoms with Crippen molar-refractivity contribution in [2.24, 2.45) is 22.6 Å². The van der Waals surface area contributed by atoms with Crippen molar-refractivity contribution < 1.29 is 0 Å². The number of hydrogen-bond donors (Lipinski definition) is 2. The maximum absolute atomic E-state index is 6.00. The van der Waals surface area contributed by atoms with Crippen LogP contribution in [0.5, 0.6) is 0 Å². The second kappa shape index (κ2) is 10.2. The van der Waals surface area contributed by atoms with Crippen LogP contribution in [0, 0.1) is 11.8 Å². The van der Waals surface area contributed by atoms with Crippen LogP contribution in [0.3, 0.4) is 0 Å². The van der Waals surface area contributed by atoms with Crippen LogP contribution in [-0.4, -0.2) is 36.5 Å². The van der Waals surface area contributed by atoms with E-state index < -0.39 is 0 Å². The van der Waals surface area contributed by atoms with Gasteiger partial charge in [0.1, 0.15) is 0 Å². The smallest absolute Gasteiger partial charge is 0.188 e. The first kappa shape index (κ1) is 21.2. The monoisotopic (exact) mass is 444 g/mol. The fourth-order valence-corrected chi connectivity index (χ4v) is 3.13. The van der Waals surface area contributed by atoms with Crippen LogP contribution in [-0.2, 0) is 13.0 Å². The number of nitrogens with one attached hydrogen (secondary N) is 1. The van der Waals surface area contributed by atoms with Crippen LogP contribution in [0.2, 0.25) is 0 Å². The molecule has 0 aliphatic carbocycles. The number of rotatable bonds is 6. The summed E-state index contributed by atoms with van der Waals surface area (Å²) in [6.07, 6.45) is 1.14. The average Bonchev–Trinajstić information content (AvgIpc) is 2.52. The van der Waals surface area contributed by atoms with Gasteiger partial charge in [0.05, 0.1) is 0 Å². The summed E-state index contributed by atoms with van der Waals surface area (Å²) in [7, 11) is 0. The second-order valence-corrected chi connectivity index (χ2v) is 7.30. The molecule has 0 bridgehead atoms. The molecule has 1 aromatic carbocycles. The van der Waals surface area contributed by atoms with E-state index in [0.29, 0.717) is 23.8 Å². The fourth-order valence-electron chi connectivity index (χ4n) is 3.13. The van der Waals surface area contributed by atoms with Gasteiger partial charge in [-0.3, -0.25) is 9.89 Å². The van der Waals surface area contributed by atoms with Crippen LogP contribution < -0.4 is 11.1 Å². The molecule has 1 heterocycles. The molecule has 1 aliphatic rings. The molecular weight excluding hydrogens is 411 g/mol. The van der Waals surface area contributed by atoms with Crippen LogP contribution in [0.4, 0.5) is 0 Å². The first-order valence-electron chi connectivity index (χ1n) is 8.82. The zero-order valence-electron chi connectivity index (χ0n) is 15.5. The Morgan fingerprint density at radius 2 is 1.88 bits per heavy atom. The molecule has 1 aliphatic heterocycles. The minimum absolute atomic E-state index is 0. The van der Waals surface area contributed by atoms with Gasteiger partial charge in [-0.25, -0.2) is 0 Å². The molecule has 1 unspecified atom stereocenters. The van der Waals surface area contributed by atoms with Gasteiger partial charge in [-0.1, -0.05) is 52.0 Å². The zero-order chi connectivity index (χ0) is 16.8. The molecule has 0 amide bonds. The minimum Gasteiger partial charge on any atom is -0.370 e. The summed E-state index contributed by atoms with van der Waals surface area (Å²) in [5.74, 6) is 1.68. The van der Waals surface area contributed by atoms with E-state index in [0.717, 1.165) is 32.6 Å². The van der Waals surface area contributed by atoms with E-state index in [1.165, 1.54) is 11.1 Å². The number of nitrogens with two attached hydrogens (primary N) is 1. The molecule has 0 aromatic heterocycles. The third kappa shape index (κ3) is 6.24. The summed E-state index contributed by atoms with van der Waals surface area (Å²) in [4.78, 5) is 6.98. The topological polar surface area (TPSA) is 53.6 Å². The van der Waals surface area contributed by atoms with Gasteiger partial charge >= 0.3 is 0 Å². The van der Waals surface area contributed by atoms with Crippen molar-refractivity contribution in [1.82, 2.24) is 10.2 Å². The van der Waals surface area contributed by atoms with E-state index in [-0.39, 0.29) is 24.0 Å². The average molecular weight is 444 g/mol. The number of halogens is 1. The van der Waals surface area contributed by atoms with E-state index in [2.05, 4.69) is 67.2 Å². The standard InChI is InChI=1S/C19H32N4.HI/c1-14(2)11-21-19(20)22-12-18(15(3)4)23-10-9-16-7-5-6-8-17(16)13-23;/h5-8,14-15,18H,9-13H2,1-4H3,(H3,20,21,22);1H. The predicted octanol–water partition coefficient (Wildman–Crippen LogP) is 3.25. The second-order valence-electron chi connectivity index (χ2n) is 7.30. The largest absolute Gasteiger partial charge is 0.370 e. The predicted molar refractivity (Wildman–Crippen MR) is 114 cm³/mol. The quantitative estimate of drug-likeness (QED) is 0.403. The molecule has 0 saturated carbocycles. The third-order valence-electron chi connectivity index (χ3n) is 4.52. The summed E-state index contributed by atoms with van der Waals surface area (Å²) in [5.41, 5.74) is 8.96. The number of fused-ring (bicyclic) bond motifs is 1. The Bertz CT molecular complexity index is 528. The molecule has 0 saturated heterocycles. The van der Waals surface area contributed by atoms with Crippen molar-refractivity contribution in [2.45, 2.75) is 46.7 Å². The normalized spacial score (nSPS) is 16.7. The molecule has 4 nitrogen and oxygen atoms in total. The van der Waals surface area contributed by atoms with Gasteiger partial charge in [0, 0.05) is 32.2 Å². The molecular formula is C19H33IN4. The van der Waals surface area contributed by atoms with E-state index >= 15 is 0 Å². The Morgan fingerprint density at radius 1 is 1.21 bits per heavy atom. The lowest BCUT2D eigenvalue weighted by Crippen LogP contribution is -2.49. The maximum atomic E-state index is 6.00. The van der Waals surface area contributed by atoms with Crippen LogP contribution in [0.25, 0.3) is 0 Å². The fraction of sp³-hybridized carbons (Fsp3) is 0.632. The Morgan fingerprint density at radius 3 is 2.50 bits per heavy atom. The van der Waals surface area contributed by atoms with Gasteiger partial charge in [0.15, 0.2) is 5.96 Å². The summed E-state index contributed by atoms with van der Waals surface area (Å²) in [6.45, 7) is 12.7. The van der Waals surface area contributed by atoms with Gasteiger partial charge in [-0.15, -0.1) is 24.0 Å². The van der Waals surface area contributed by atoms with Crippen molar-refractivity contribution >= 4 is 29.9 Å². The van der Waals surface area contributed by atoms with Crippen molar-refractivity contribution in [3.63, 3.8) is 0 Å². The van der Waals surface area contributed by atoms with Crippen LogP contribution in [0.15, 0.2) is 29.3 Å². The van der Waals surface area contributed by atoms with Crippen LogP contribution in [0.1, 0.15) is 38.8 Å². The number of aliphatic imine (C=N–C) groups is 1. The molecule has 2 rings (SSSR count). The SMILES string of the molecule is CC(C)CN=C(N)NCC(C(C)C)N1CCc2ccccc2C1.I. The van der Waals surface area contributed by atoms with Crippen LogP contribution >= 0.6 is 24.0 Å². The van der Waals surface area contributed by atoms with E-state index in [1.807, 2.05) is 0 Å². The highest BCUT2D eigenvalue weighted by atomic mass is 127. The molecule has 0 radical (unpaired) electrons. The molecule has 5 heteroatoms.